The summed E-state index contributed by atoms with van der Waals surface area (Å²) in [6.45, 7) is 2.50. The number of nitrogens with zero attached hydrogens (tertiary/aromatic N) is 1. The lowest BCUT2D eigenvalue weighted by atomic mass is 10.2. The van der Waals surface area contributed by atoms with Gasteiger partial charge < -0.3 is 5.73 Å². The standard InChI is InChI=1S/C7H9BrN2/c1-5-7(8)2-6(3-9)4-10-5/h2,4H,3,9H2,1H3. The van der Waals surface area contributed by atoms with Crippen LogP contribution in [0.25, 0.3) is 0 Å². The largest absolute Gasteiger partial charge is 0.326 e. The smallest absolute Gasteiger partial charge is 0.0514 e. The highest BCUT2D eigenvalue weighted by atomic mass is 79.9. The molecule has 0 saturated carbocycles. The van der Waals surface area contributed by atoms with Crippen LogP contribution in [0.15, 0.2) is 16.7 Å². The summed E-state index contributed by atoms with van der Waals surface area (Å²) in [4.78, 5) is 4.12. The molecule has 10 heavy (non-hydrogen) atoms. The SMILES string of the molecule is Cc1ncc(CN)cc1Br. The molecular weight excluding hydrogens is 192 g/mol. The van der Waals surface area contributed by atoms with E-state index in [0.717, 1.165) is 15.7 Å². The van der Waals surface area contributed by atoms with Gasteiger partial charge in [-0.15, -0.1) is 0 Å². The maximum atomic E-state index is 5.41. The molecule has 1 heterocycles. The van der Waals surface area contributed by atoms with Crippen molar-refractivity contribution < 1.29 is 0 Å². The first-order valence-corrected chi connectivity index (χ1v) is 3.84. The molecule has 2 nitrogen and oxygen atoms in total. The van der Waals surface area contributed by atoms with Crippen molar-refractivity contribution in [1.29, 1.82) is 0 Å². The van der Waals surface area contributed by atoms with Gasteiger partial charge in [0.2, 0.25) is 0 Å². The molecule has 0 aliphatic carbocycles. The van der Waals surface area contributed by atoms with Gasteiger partial charge in [0.05, 0.1) is 5.69 Å². The maximum Gasteiger partial charge on any atom is 0.0514 e. The number of aromatic nitrogens is 1. The second-order valence-electron chi connectivity index (χ2n) is 2.11. The van der Waals surface area contributed by atoms with Gasteiger partial charge in [-0.3, -0.25) is 4.98 Å². The number of pyridine rings is 1. The number of hydrogen-bond donors (Lipinski definition) is 1. The van der Waals surface area contributed by atoms with E-state index >= 15 is 0 Å². The number of rotatable bonds is 1. The normalized spacial score (nSPS) is 9.90. The number of hydrogen-bond acceptors (Lipinski definition) is 2. The van der Waals surface area contributed by atoms with Gasteiger partial charge in [0.1, 0.15) is 0 Å². The Hall–Kier alpha value is -0.410. The molecule has 0 spiro atoms. The zero-order valence-corrected chi connectivity index (χ0v) is 7.35. The van der Waals surface area contributed by atoms with Crippen molar-refractivity contribution in [2.75, 3.05) is 0 Å². The Balaban J connectivity index is 3.04. The van der Waals surface area contributed by atoms with E-state index in [2.05, 4.69) is 20.9 Å². The lowest BCUT2D eigenvalue weighted by Gasteiger charge is -1.98. The van der Waals surface area contributed by atoms with Gasteiger partial charge >= 0.3 is 0 Å². The van der Waals surface area contributed by atoms with E-state index in [1.54, 1.807) is 6.20 Å². The molecule has 0 saturated heterocycles. The summed E-state index contributed by atoms with van der Waals surface area (Å²) >= 11 is 3.37. The van der Waals surface area contributed by atoms with Gasteiger partial charge in [0.25, 0.3) is 0 Å². The number of halogens is 1. The van der Waals surface area contributed by atoms with E-state index in [9.17, 15) is 0 Å². The summed E-state index contributed by atoms with van der Waals surface area (Å²) in [5.41, 5.74) is 7.46. The van der Waals surface area contributed by atoms with Gasteiger partial charge in [-0.1, -0.05) is 0 Å². The van der Waals surface area contributed by atoms with Gasteiger partial charge in [0.15, 0.2) is 0 Å². The Bertz CT molecular complexity index is 235. The Morgan fingerprint density at radius 2 is 2.40 bits per heavy atom. The molecule has 0 unspecified atom stereocenters. The van der Waals surface area contributed by atoms with Crippen LogP contribution in [0.4, 0.5) is 0 Å². The molecule has 0 fully saturated rings. The Kier molecular flexibility index (Phi) is 2.40. The summed E-state index contributed by atoms with van der Waals surface area (Å²) < 4.78 is 1.02. The highest BCUT2D eigenvalue weighted by Crippen LogP contribution is 2.14. The van der Waals surface area contributed by atoms with Gasteiger partial charge in [-0.05, 0) is 34.5 Å². The second kappa shape index (κ2) is 3.12. The summed E-state index contributed by atoms with van der Waals surface area (Å²) in [5, 5.41) is 0. The van der Waals surface area contributed by atoms with Crippen LogP contribution in [0, 0.1) is 6.92 Å². The number of nitrogens with two attached hydrogens (primary N) is 1. The first-order chi connectivity index (χ1) is 4.74. The molecular formula is C7H9BrN2. The fourth-order valence-electron chi connectivity index (χ4n) is 0.658. The molecule has 0 bridgehead atoms. The number of aryl methyl sites for hydroxylation is 1. The van der Waals surface area contributed by atoms with Gasteiger partial charge in [-0.2, -0.15) is 0 Å². The zero-order valence-electron chi connectivity index (χ0n) is 5.76. The topological polar surface area (TPSA) is 38.9 Å². The van der Waals surface area contributed by atoms with Crippen LogP contribution in [0.3, 0.4) is 0 Å². The highest BCUT2D eigenvalue weighted by Gasteiger charge is 1.95. The molecule has 1 aromatic rings. The Labute approximate surface area is 68.6 Å². The van der Waals surface area contributed by atoms with Crippen molar-refractivity contribution in [3.8, 4) is 0 Å². The molecule has 0 radical (unpaired) electrons. The molecule has 3 heteroatoms. The summed E-state index contributed by atoms with van der Waals surface area (Å²) in [7, 11) is 0. The van der Waals surface area contributed by atoms with Crippen LogP contribution < -0.4 is 5.73 Å². The molecule has 54 valence electrons. The fourth-order valence-corrected chi connectivity index (χ4v) is 1.05. The van der Waals surface area contributed by atoms with E-state index in [1.165, 1.54) is 0 Å². The zero-order chi connectivity index (χ0) is 7.56. The molecule has 0 aromatic carbocycles. The van der Waals surface area contributed by atoms with Crippen molar-refractivity contribution in [3.63, 3.8) is 0 Å². The third kappa shape index (κ3) is 1.55. The van der Waals surface area contributed by atoms with Gasteiger partial charge in [0, 0.05) is 17.2 Å². The molecule has 1 aromatic heterocycles. The summed E-state index contributed by atoms with van der Waals surface area (Å²) in [6, 6.07) is 1.99. The molecule has 0 atom stereocenters. The maximum absolute atomic E-state index is 5.41. The molecule has 2 N–H and O–H groups in total. The van der Waals surface area contributed by atoms with Crippen LogP contribution in [0.5, 0.6) is 0 Å². The predicted molar refractivity (Wildman–Crippen MR) is 44.6 cm³/mol. The van der Waals surface area contributed by atoms with Gasteiger partial charge in [-0.25, -0.2) is 0 Å². The van der Waals surface area contributed by atoms with E-state index in [4.69, 9.17) is 5.73 Å². The lowest BCUT2D eigenvalue weighted by molar-refractivity contribution is 1.03. The molecule has 0 aliphatic heterocycles. The predicted octanol–water partition coefficient (Wildman–Crippen LogP) is 1.61. The summed E-state index contributed by atoms with van der Waals surface area (Å²) in [5.74, 6) is 0. The van der Waals surface area contributed by atoms with Crippen LogP contribution in [-0.4, -0.2) is 4.98 Å². The summed E-state index contributed by atoms with van der Waals surface area (Å²) in [6.07, 6.45) is 1.79. The monoisotopic (exact) mass is 200 g/mol. The van der Waals surface area contributed by atoms with Crippen molar-refractivity contribution in [1.82, 2.24) is 4.98 Å². The van der Waals surface area contributed by atoms with Crippen LogP contribution in [-0.2, 0) is 6.54 Å². The van der Waals surface area contributed by atoms with Crippen molar-refractivity contribution in [2.24, 2.45) is 5.73 Å². The van der Waals surface area contributed by atoms with Crippen LogP contribution in [0.1, 0.15) is 11.3 Å². The third-order valence-electron chi connectivity index (χ3n) is 1.32. The molecule has 1 rings (SSSR count). The van der Waals surface area contributed by atoms with E-state index in [1.807, 2.05) is 13.0 Å². The first-order valence-electron chi connectivity index (χ1n) is 3.05. The Morgan fingerprint density at radius 1 is 1.70 bits per heavy atom. The van der Waals surface area contributed by atoms with E-state index < -0.39 is 0 Å². The average molecular weight is 201 g/mol. The van der Waals surface area contributed by atoms with Crippen molar-refractivity contribution in [2.45, 2.75) is 13.5 Å². The third-order valence-corrected chi connectivity index (χ3v) is 2.12. The minimum atomic E-state index is 0.548. The Morgan fingerprint density at radius 3 is 2.90 bits per heavy atom. The molecule has 0 aliphatic rings. The second-order valence-corrected chi connectivity index (χ2v) is 2.97. The highest BCUT2D eigenvalue weighted by molar-refractivity contribution is 9.10. The average Bonchev–Trinajstić information content (AvgIpc) is 1.95. The first kappa shape index (κ1) is 7.69. The van der Waals surface area contributed by atoms with Crippen LogP contribution in [0.2, 0.25) is 0 Å². The lowest BCUT2D eigenvalue weighted by Crippen LogP contribution is -1.97. The van der Waals surface area contributed by atoms with E-state index in [0.29, 0.717) is 6.54 Å². The minimum Gasteiger partial charge on any atom is -0.326 e. The van der Waals surface area contributed by atoms with Crippen LogP contribution >= 0.6 is 15.9 Å². The van der Waals surface area contributed by atoms with Crippen molar-refractivity contribution >= 4 is 15.9 Å². The quantitative estimate of drug-likeness (QED) is 0.749. The minimum absolute atomic E-state index is 0.548. The fraction of sp³-hybridized carbons (Fsp3) is 0.286. The molecule has 0 amide bonds. The van der Waals surface area contributed by atoms with E-state index in [-0.39, 0.29) is 0 Å². The van der Waals surface area contributed by atoms with Crippen molar-refractivity contribution in [3.05, 3.63) is 28.0 Å².